The second-order valence-electron chi connectivity index (χ2n) is 11.9. The summed E-state index contributed by atoms with van der Waals surface area (Å²) >= 11 is 6.87. The minimum Gasteiger partial charge on any atom is -0.507 e. The molecule has 11 heteroatoms. The van der Waals surface area contributed by atoms with Crippen LogP contribution in [0.5, 0.6) is 5.75 Å². The molecule has 3 aliphatic carbocycles. The largest absolute Gasteiger partial charge is 0.507 e. The number of hydrogen-bond acceptors (Lipinski definition) is 9. The van der Waals surface area contributed by atoms with Crippen molar-refractivity contribution in [1.29, 1.82) is 0 Å². The monoisotopic (exact) mass is 579 g/mol. The lowest BCUT2D eigenvalue weighted by atomic mass is 9.52. The molecule has 4 aliphatic rings. The number of aromatic hydroxyl groups is 1. The molecular formula is C30H30ClN3O7. The highest BCUT2D eigenvalue weighted by atomic mass is 35.5. The summed E-state index contributed by atoms with van der Waals surface area (Å²) in [5.74, 6) is -10.8. The van der Waals surface area contributed by atoms with E-state index in [1.165, 1.54) is 22.1 Å². The maximum atomic E-state index is 13.9. The summed E-state index contributed by atoms with van der Waals surface area (Å²) < 4.78 is 0. The van der Waals surface area contributed by atoms with E-state index in [2.05, 4.69) is 17.0 Å². The summed E-state index contributed by atoms with van der Waals surface area (Å²) in [7, 11) is 3.10. The molecule has 0 aromatic heterocycles. The Bertz CT molecular complexity index is 1530. The molecule has 0 spiro atoms. The van der Waals surface area contributed by atoms with Gasteiger partial charge in [0.05, 0.1) is 17.5 Å². The zero-order valence-corrected chi connectivity index (χ0v) is 23.4. The Morgan fingerprint density at radius 2 is 1.76 bits per heavy atom. The molecule has 4 N–H and O–H groups in total. The Hall–Kier alpha value is -3.44. The molecule has 1 amide bonds. The zero-order chi connectivity index (χ0) is 29.5. The molecule has 0 saturated heterocycles. The van der Waals surface area contributed by atoms with Crippen LogP contribution in [0.4, 0.5) is 0 Å². The van der Waals surface area contributed by atoms with Crippen LogP contribution in [0, 0.1) is 23.7 Å². The van der Waals surface area contributed by atoms with E-state index in [0.717, 1.165) is 0 Å². The van der Waals surface area contributed by atoms with Crippen molar-refractivity contribution in [2.75, 3.05) is 14.1 Å². The number of fused-ring (bicyclic) bond motifs is 4. The summed E-state index contributed by atoms with van der Waals surface area (Å²) in [5, 5.41) is 23.0. The van der Waals surface area contributed by atoms with E-state index in [0.29, 0.717) is 35.8 Å². The molecule has 214 valence electrons. The van der Waals surface area contributed by atoms with E-state index in [4.69, 9.17) is 17.3 Å². The number of phenols is 1. The zero-order valence-electron chi connectivity index (χ0n) is 22.6. The van der Waals surface area contributed by atoms with Gasteiger partial charge in [0.2, 0.25) is 5.91 Å². The van der Waals surface area contributed by atoms with E-state index >= 15 is 0 Å². The lowest BCUT2D eigenvalue weighted by Gasteiger charge is -2.52. The van der Waals surface area contributed by atoms with Gasteiger partial charge in [-0.2, -0.15) is 0 Å². The predicted molar refractivity (Wildman–Crippen MR) is 146 cm³/mol. The van der Waals surface area contributed by atoms with Gasteiger partial charge in [0.15, 0.2) is 34.7 Å². The molecule has 2 saturated carbocycles. The second-order valence-corrected chi connectivity index (χ2v) is 12.3. The number of nitrogens with zero attached hydrogens (tertiary/aromatic N) is 2. The van der Waals surface area contributed by atoms with Crippen molar-refractivity contribution in [2.45, 2.75) is 44.1 Å². The molecule has 10 nitrogen and oxygen atoms in total. The van der Waals surface area contributed by atoms with Crippen molar-refractivity contribution in [3.8, 4) is 5.75 Å². The van der Waals surface area contributed by atoms with Crippen LogP contribution in [-0.4, -0.2) is 74.8 Å². The number of amides is 1. The average molecular weight is 580 g/mol. The Labute approximate surface area is 241 Å². The van der Waals surface area contributed by atoms with E-state index in [9.17, 15) is 34.2 Å². The van der Waals surface area contributed by atoms with Gasteiger partial charge in [-0.25, -0.2) is 0 Å². The van der Waals surface area contributed by atoms with Gasteiger partial charge in [0.25, 0.3) is 0 Å². The van der Waals surface area contributed by atoms with E-state index in [1.807, 2.05) is 12.1 Å². The Balaban J connectivity index is 1.37. The van der Waals surface area contributed by atoms with Crippen LogP contribution < -0.4 is 5.73 Å². The van der Waals surface area contributed by atoms with Crippen LogP contribution in [0.3, 0.4) is 0 Å². The van der Waals surface area contributed by atoms with Crippen LogP contribution in [0.15, 0.2) is 30.3 Å². The first kappa shape index (κ1) is 27.7. The number of Topliss-reactive ketones (excluding diaryl/α,β-unsaturated/α-hetero) is 4. The lowest BCUT2D eigenvalue weighted by molar-refractivity contribution is -0.181. The molecular weight excluding hydrogens is 550 g/mol. The molecule has 6 atom stereocenters. The number of benzene rings is 2. The first-order chi connectivity index (χ1) is 19.4. The fourth-order valence-electron chi connectivity index (χ4n) is 7.58. The third kappa shape index (κ3) is 3.92. The average Bonchev–Trinajstić information content (AvgIpc) is 3.31. The summed E-state index contributed by atoms with van der Waals surface area (Å²) in [6, 6.07) is 8.38. The van der Waals surface area contributed by atoms with Gasteiger partial charge >= 0.3 is 0 Å². The number of nitrogens with two attached hydrogens (primary N) is 1. The number of hydrogen-bond donors (Lipinski definition) is 3. The van der Waals surface area contributed by atoms with Crippen molar-refractivity contribution >= 4 is 40.6 Å². The van der Waals surface area contributed by atoms with E-state index in [-0.39, 0.29) is 24.2 Å². The summed E-state index contributed by atoms with van der Waals surface area (Å²) in [6.07, 6.45) is 0.110. The normalized spacial score (nSPS) is 31.1. The molecule has 6 rings (SSSR count). The van der Waals surface area contributed by atoms with Gasteiger partial charge in [-0.3, -0.25) is 33.8 Å². The van der Waals surface area contributed by atoms with Crippen molar-refractivity contribution in [3.63, 3.8) is 0 Å². The summed E-state index contributed by atoms with van der Waals surface area (Å²) in [5.41, 5.74) is 5.97. The van der Waals surface area contributed by atoms with Gasteiger partial charge in [-0.05, 0) is 61.2 Å². The molecule has 0 radical (unpaired) electrons. The number of primary amides is 1. The molecule has 1 heterocycles. The molecule has 2 aromatic rings. The van der Waals surface area contributed by atoms with Gasteiger partial charge in [-0.1, -0.05) is 35.9 Å². The minimum atomic E-state index is -2.75. The van der Waals surface area contributed by atoms with Crippen LogP contribution in [-0.2, 0) is 45.2 Å². The van der Waals surface area contributed by atoms with Crippen LogP contribution in [0.2, 0.25) is 5.02 Å². The standard InChI is InChI=1S/C30H30ClN3O7/c1-33(2)24-18-8-15-7-17-21(25(36)20(15)27(38)30(18,41)28(39)22(26(24)37)29(32)40)19(35)9-16(23(17)31)12-34-10-13-5-3-4-6-14(13)11-34/h3-6,9,15,18,20,22,24,35,41H,7-8,10-12H2,1-2H3,(H2,32,40)/t15-,18-,20?,22?,24-,30-/m0/s1. The van der Waals surface area contributed by atoms with Crippen LogP contribution in [0.1, 0.15) is 39.0 Å². The SMILES string of the molecule is CN(C)[C@@H]1C(=O)C(C(N)=O)C(=O)[C@@]2(O)C(=O)C3C(=O)c4c(O)cc(CN5Cc6ccccc6C5)c(Cl)c4C[C@H]3C[C@@H]12. The van der Waals surface area contributed by atoms with Crippen LogP contribution >= 0.6 is 11.6 Å². The molecule has 41 heavy (non-hydrogen) atoms. The maximum Gasteiger partial charge on any atom is 0.235 e. The van der Waals surface area contributed by atoms with E-state index < -0.39 is 64.4 Å². The molecule has 1 aliphatic heterocycles. The highest BCUT2D eigenvalue weighted by Crippen LogP contribution is 2.52. The Morgan fingerprint density at radius 3 is 2.34 bits per heavy atom. The number of aliphatic hydroxyl groups is 1. The molecule has 2 aromatic carbocycles. The van der Waals surface area contributed by atoms with Crippen molar-refractivity contribution in [2.24, 2.45) is 29.4 Å². The molecule has 0 bridgehead atoms. The number of carbonyl (C=O) groups is 5. The minimum absolute atomic E-state index is 0.0212. The highest BCUT2D eigenvalue weighted by Gasteiger charge is 2.69. The third-order valence-electron chi connectivity index (χ3n) is 9.37. The number of likely N-dealkylation sites (N-methyl/N-ethyl adjacent to an activating group) is 1. The Kier molecular flexibility index (Phi) is 6.46. The first-order valence-corrected chi connectivity index (χ1v) is 13.9. The lowest BCUT2D eigenvalue weighted by Crippen LogP contribution is -2.74. The van der Waals surface area contributed by atoms with Crippen molar-refractivity contribution in [1.82, 2.24) is 9.80 Å². The van der Waals surface area contributed by atoms with Crippen LogP contribution in [0.25, 0.3) is 0 Å². The fourth-order valence-corrected chi connectivity index (χ4v) is 7.87. The topological polar surface area (TPSA) is 158 Å². The first-order valence-electron chi connectivity index (χ1n) is 13.5. The summed E-state index contributed by atoms with van der Waals surface area (Å²) in [6.45, 7) is 1.85. The second kappa shape index (κ2) is 9.55. The Morgan fingerprint density at radius 1 is 1.12 bits per heavy atom. The fraction of sp³-hybridized carbons (Fsp3) is 0.433. The van der Waals surface area contributed by atoms with Gasteiger partial charge in [-0.15, -0.1) is 0 Å². The number of carbonyl (C=O) groups excluding carboxylic acids is 5. The number of halogens is 1. The van der Waals surface area contributed by atoms with E-state index in [1.54, 1.807) is 14.1 Å². The molecule has 2 unspecified atom stereocenters. The van der Waals surface area contributed by atoms with Gasteiger partial charge in [0, 0.05) is 30.6 Å². The predicted octanol–water partition coefficient (Wildman–Crippen LogP) is 1.04. The number of rotatable bonds is 4. The summed E-state index contributed by atoms with van der Waals surface area (Å²) in [4.78, 5) is 70.0. The highest BCUT2D eigenvalue weighted by molar-refractivity contribution is 6.34. The van der Waals surface area contributed by atoms with Crippen molar-refractivity contribution in [3.05, 3.63) is 63.2 Å². The third-order valence-corrected chi connectivity index (χ3v) is 9.84. The van der Waals surface area contributed by atoms with Gasteiger partial charge < -0.3 is 15.9 Å². The van der Waals surface area contributed by atoms with Crippen molar-refractivity contribution < 1.29 is 34.2 Å². The maximum absolute atomic E-state index is 13.9. The smallest absolute Gasteiger partial charge is 0.235 e. The quantitative estimate of drug-likeness (QED) is 0.450. The number of phenolic OH excluding ortho intramolecular Hbond substituents is 1. The number of ketones is 4. The van der Waals surface area contributed by atoms with Gasteiger partial charge in [0.1, 0.15) is 5.75 Å². The molecule has 2 fully saturated rings.